The molecule has 0 aromatic rings. The standard InChI is InChI=1S/C34H50O7/c1-23(2)31-15-9-8-14-27(6)32(16-11-17-33(38)40-31)41-34(39)19-18-26(5)20-24(3)12-10-13-25(4)21-29(36)30(37)22-28(7)35/h8-10,12-13,18-21,27-32,35-37H,1,11,14-17,22H2,2-7H3/b9-8+,13-10+,19-18+,24-12+,25-21+,26-20+/t27-,28-,29-,30-,31+,32-/m0/s1. The average molecular weight is 571 g/mol. The molecule has 0 aromatic heterocycles. The van der Waals surface area contributed by atoms with E-state index in [0.29, 0.717) is 19.3 Å². The maximum absolute atomic E-state index is 12.6. The maximum Gasteiger partial charge on any atom is 0.331 e. The molecule has 1 aliphatic heterocycles. The Bertz CT molecular complexity index is 1040. The zero-order valence-corrected chi connectivity index (χ0v) is 25.6. The van der Waals surface area contributed by atoms with Crippen LogP contribution in [0.2, 0.25) is 0 Å². The molecule has 1 heterocycles. The van der Waals surface area contributed by atoms with E-state index in [-0.39, 0.29) is 36.9 Å². The van der Waals surface area contributed by atoms with E-state index in [1.54, 1.807) is 19.1 Å². The molecule has 41 heavy (non-hydrogen) atoms. The van der Waals surface area contributed by atoms with E-state index < -0.39 is 24.3 Å². The summed E-state index contributed by atoms with van der Waals surface area (Å²) in [5.41, 5.74) is 3.43. The summed E-state index contributed by atoms with van der Waals surface area (Å²) in [6.07, 6.45) is 15.7. The largest absolute Gasteiger partial charge is 0.459 e. The van der Waals surface area contributed by atoms with Gasteiger partial charge in [-0.2, -0.15) is 0 Å². The van der Waals surface area contributed by atoms with E-state index in [1.165, 1.54) is 6.08 Å². The van der Waals surface area contributed by atoms with Crippen molar-refractivity contribution in [2.24, 2.45) is 5.92 Å². The Morgan fingerprint density at radius 3 is 2.41 bits per heavy atom. The van der Waals surface area contributed by atoms with Crippen molar-refractivity contribution in [2.45, 2.75) is 111 Å². The Kier molecular flexibility index (Phi) is 16.9. The van der Waals surface area contributed by atoms with Gasteiger partial charge in [-0.25, -0.2) is 4.79 Å². The summed E-state index contributed by atoms with van der Waals surface area (Å²) < 4.78 is 11.3. The second-order valence-corrected chi connectivity index (χ2v) is 11.2. The van der Waals surface area contributed by atoms with Crippen LogP contribution in [0.15, 0.2) is 83.6 Å². The minimum atomic E-state index is -1.05. The van der Waals surface area contributed by atoms with Gasteiger partial charge in [0.1, 0.15) is 12.2 Å². The lowest BCUT2D eigenvalue weighted by Crippen LogP contribution is -2.27. The fraction of sp³-hybridized carbons (Fsp3) is 0.529. The van der Waals surface area contributed by atoms with Crippen molar-refractivity contribution in [3.63, 3.8) is 0 Å². The van der Waals surface area contributed by atoms with Crippen LogP contribution in [0.25, 0.3) is 0 Å². The molecule has 7 heteroatoms. The zero-order chi connectivity index (χ0) is 30.9. The minimum absolute atomic E-state index is 0.1000. The van der Waals surface area contributed by atoms with Gasteiger partial charge >= 0.3 is 11.9 Å². The number of esters is 2. The molecule has 1 aliphatic rings. The van der Waals surface area contributed by atoms with E-state index in [4.69, 9.17) is 9.47 Å². The number of hydrogen-bond acceptors (Lipinski definition) is 7. The molecule has 0 aromatic carbocycles. The van der Waals surface area contributed by atoms with E-state index in [9.17, 15) is 24.9 Å². The van der Waals surface area contributed by atoms with E-state index >= 15 is 0 Å². The first-order chi connectivity index (χ1) is 19.3. The van der Waals surface area contributed by atoms with Crippen molar-refractivity contribution < 1.29 is 34.4 Å². The van der Waals surface area contributed by atoms with Crippen LogP contribution < -0.4 is 0 Å². The number of hydrogen-bond donors (Lipinski definition) is 3. The molecule has 0 aliphatic carbocycles. The summed E-state index contributed by atoms with van der Waals surface area (Å²) in [4.78, 5) is 24.8. The minimum Gasteiger partial charge on any atom is -0.459 e. The molecule has 0 spiro atoms. The molecule has 0 fully saturated rings. The quantitative estimate of drug-likeness (QED) is 0.121. The fourth-order valence-corrected chi connectivity index (χ4v) is 4.28. The summed E-state index contributed by atoms with van der Waals surface area (Å²) in [5, 5.41) is 29.3. The molecule has 1 rings (SSSR count). The highest BCUT2D eigenvalue weighted by molar-refractivity contribution is 5.82. The smallest absolute Gasteiger partial charge is 0.331 e. The SMILES string of the molecule is C=C(C)[C@H]1C/C=C/C[C@H](C)[C@@H](OC(=O)/C=C/C(C)=C/C(C)=C/C=C/C(C)=C/[C@H](O)[C@@H](O)C[C@H](C)O)CCCC(=O)O1. The molecule has 228 valence electrons. The van der Waals surface area contributed by atoms with Gasteiger partial charge in [-0.05, 0) is 65.4 Å². The molecule has 0 amide bonds. The number of rotatable bonds is 11. The molecule has 0 unspecified atom stereocenters. The number of carbonyl (C=O) groups excluding carboxylic acids is 2. The van der Waals surface area contributed by atoms with Crippen LogP contribution in [0.1, 0.15) is 80.1 Å². The van der Waals surface area contributed by atoms with Gasteiger partial charge in [0.2, 0.25) is 0 Å². The maximum atomic E-state index is 12.6. The third-order valence-electron chi connectivity index (χ3n) is 6.69. The first-order valence-electron chi connectivity index (χ1n) is 14.4. The number of cyclic esters (lactones) is 1. The molecule has 0 radical (unpaired) electrons. The van der Waals surface area contributed by atoms with Gasteiger partial charge in [-0.15, -0.1) is 0 Å². The van der Waals surface area contributed by atoms with Crippen molar-refractivity contribution in [1.29, 1.82) is 0 Å². The normalized spacial score (nSPS) is 25.1. The second kappa shape index (κ2) is 19.2. The van der Waals surface area contributed by atoms with Crippen LogP contribution in [0.5, 0.6) is 0 Å². The van der Waals surface area contributed by atoms with Gasteiger partial charge in [0.25, 0.3) is 0 Å². The van der Waals surface area contributed by atoms with E-state index in [2.05, 4.69) is 13.5 Å². The molecular formula is C34H50O7. The van der Waals surface area contributed by atoms with Crippen molar-refractivity contribution >= 4 is 11.9 Å². The van der Waals surface area contributed by atoms with Gasteiger partial charge in [0.05, 0.1) is 18.3 Å². The Hall–Kier alpha value is -3.00. The lowest BCUT2D eigenvalue weighted by molar-refractivity contribution is -0.148. The zero-order valence-electron chi connectivity index (χ0n) is 25.6. The summed E-state index contributed by atoms with van der Waals surface area (Å²) in [6, 6.07) is 0. The third kappa shape index (κ3) is 16.1. The molecular weight excluding hydrogens is 520 g/mol. The summed E-state index contributed by atoms with van der Waals surface area (Å²) in [5.74, 6) is -0.579. The highest BCUT2D eigenvalue weighted by Gasteiger charge is 2.22. The predicted octanol–water partition coefficient (Wildman–Crippen LogP) is 5.99. The van der Waals surface area contributed by atoms with Gasteiger partial charge in [-0.1, -0.05) is 78.8 Å². The first kappa shape index (κ1) is 36.0. The molecule has 0 saturated carbocycles. The predicted molar refractivity (Wildman–Crippen MR) is 164 cm³/mol. The lowest BCUT2D eigenvalue weighted by Gasteiger charge is -2.24. The fourth-order valence-electron chi connectivity index (χ4n) is 4.28. The molecule has 0 saturated heterocycles. The Morgan fingerprint density at radius 1 is 1.07 bits per heavy atom. The Morgan fingerprint density at radius 2 is 1.76 bits per heavy atom. The van der Waals surface area contributed by atoms with Gasteiger partial charge in [0, 0.05) is 25.3 Å². The molecule has 0 bridgehead atoms. The summed E-state index contributed by atoms with van der Waals surface area (Å²) >= 11 is 0. The van der Waals surface area contributed by atoms with E-state index in [0.717, 1.165) is 28.7 Å². The topological polar surface area (TPSA) is 113 Å². The lowest BCUT2D eigenvalue weighted by atomic mass is 9.95. The number of allylic oxidation sites excluding steroid dienone is 9. The molecule has 6 atom stereocenters. The number of ether oxygens (including phenoxy) is 2. The second-order valence-electron chi connectivity index (χ2n) is 11.2. The van der Waals surface area contributed by atoms with Gasteiger partial charge in [-0.3, -0.25) is 4.79 Å². The molecule has 7 nitrogen and oxygen atoms in total. The highest BCUT2D eigenvalue weighted by atomic mass is 16.5. The monoisotopic (exact) mass is 570 g/mol. The number of carbonyl (C=O) groups is 2. The van der Waals surface area contributed by atoms with E-state index in [1.807, 2.05) is 64.2 Å². The van der Waals surface area contributed by atoms with Crippen molar-refractivity contribution in [3.05, 3.63) is 83.6 Å². The summed E-state index contributed by atoms with van der Waals surface area (Å²) in [7, 11) is 0. The van der Waals surface area contributed by atoms with Gasteiger partial charge in [0.15, 0.2) is 0 Å². The van der Waals surface area contributed by atoms with Crippen molar-refractivity contribution in [1.82, 2.24) is 0 Å². The van der Waals surface area contributed by atoms with Crippen LogP contribution in [-0.4, -0.2) is 57.8 Å². The van der Waals surface area contributed by atoms with Crippen molar-refractivity contribution in [3.8, 4) is 0 Å². The van der Waals surface area contributed by atoms with Gasteiger partial charge < -0.3 is 24.8 Å². The van der Waals surface area contributed by atoms with Crippen molar-refractivity contribution in [2.75, 3.05) is 0 Å². The van der Waals surface area contributed by atoms with Crippen LogP contribution in [0.3, 0.4) is 0 Å². The average Bonchev–Trinajstić information content (AvgIpc) is 2.87. The van der Waals surface area contributed by atoms with Crippen LogP contribution in [0.4, 0.5) is 0 Å². The number of aliphatic hydroxyl groups is 3. The van der Waals surface area contributed by atoms with Crippen LogP contribution in [0, 0.1) is 5.92 Å². The van der Waals surface area contributed by atoms with Crippen LogP contribution in [-0.2, 0) is 19.1 Å². The molecule has 3 N–H and O–H groups in total. The highest BCUT2D eigenvalue weighted by Crippen LogP contribution is 2.22. The van der Waals surface area contributed by atoms with Crippen LogP contribution >= 0.6 is 0 Å². The first-order valence-corrected chi connectivity index (χ1v) is 14.4. The Labute approximate surface area is 246 Å². The summed E-state index contributed by atoms with van der Waals surface area (Å²) in [6.45, 7) is 15.0. The Balaban J connectivity index is 2.74. The third-order valence-corrected chi connectivity index (χ3v) is 6.69. The number of aliphatic hydroxyl groups excluding tert-OH is 3.